The average molecular weight is 376 g/mol. The third-order valence-corrected chi connectivity index (χ3v) is 6.62. The van der Waals surface area contributed by atoms with Gasteiger partial charge in [-0.3, -0.25) is 4.90 Å². The maximum Gasteiger partial charge on any atom is 0.243 e. The molecule has 0 unspecified atom stereocenters. The van der Waals surface area contributed by atoms with Crippen LogP contribution in [0.5, 0.6) is 0 Å². The molecular weight excluding hydrogens is 352 g/mol. The molecule has 0 spiro atoms. The van der Waals surface area contributed by atoms with E-state index in [0.717, 1.165) is 5.56 Å². The summed E-state index contributed by atoms with van der Waals surface area (Å²) in [6, 6.07) is 17.3. The van der Waals surface area contributed by atoms with Crippen molar-refractivity contribution in [1.82, 2.24) is 9.21 Å². The first-order chi connectivity index (χ1) is 12.6. The second-order valence-corrected chi connectivity index (χ2v) is 8.40. The molecule has 2 N–H and O–H groups in total. The van der Waals surface area contributed by atoms with Crippen molar-refractivity contribution >= 4 is 10.0 Å². The summed E-state index contributed by atoms with van der Waals surface area (Å²) in [5.74, 6) is 0. The molecular formula is C19H24N2O4S. The van der Waals surface area contributed by atoms with Crippen molar-refractivity contribution < 1.29 is 18.6 Å². The van der Waals surface area contributed by atoms with Crippen molar-refractivity contribution in [3.8, 4) is 0 Å². The van der Waals surface area contributed by atoms with Gasteiger partial charge in [0.15, 0.2) is 0 Å². The van der Waals surface area contributed by atoms with Crippen molar-refractivity contribution in [3.63, 3.8) is 0 Å². The van der Waals surface area contributed by atoms with Gasteiger partial charge in [0.2, 0.25) is 10.0 Å². The molecule has 0 radical (unpaired) electrons. The van der Waals surface area contributed by atoms with E-state index in [0.29, 0.717) is 6.54 Å². The Kier molecular flexibility index (Phi) is 6.05. The SMILES string of the molecule is O=S(=O)(c1ccccc1)N1C[C@@H](CO)N(Cc2ccccc2)[C@@H](CO)C1. The van der Waals surface area contributed by atoms with Crippen LogP contribution in [0.15, 0.2) is 65.6 Å². The Morgan fingerprint density at radius 2 is 1.35 bits per heavy atom. The topological polar surface area (TPSA) is 81.1 Å². The van der Waals surface area contributed by atoms with Crippen molar-refractivity contribution in [2.24, 2.45) is 0 Å². The number of rotatable bonds is 6. The van der Waals surface area contributed by atoms with E-state index in [1.54, 1.807) is 30.3 Å². The zero-order valence-electron chi connectivity index (χ0n) is 14.5. The summed E-state index contributed by atoms with van der Waals surface area (Å²) < 4.78 is 27.2. The van der Waals surface area contributed by atoms with E-state index in [1.807, 2.05) is 35.2 Å². The fraction of sp³-hybridized carbons (Fsp3) is 0.368. The number of aliphatic hydroxyl groups excluding tert-OH is 2. The van der Waals surface area contributed by atoms with Crippen molar-refractivity contribution in [2.75, 3.05) is 26.3 Å². The maximum atomic E-state index is 12.9. The Balaban J connectivity index is 1.84. The Morgan fingerprint density at radius 3 is 1.85 bits per heavy atom. The highest BCUT2D eigenvalue weighted by atomic mass is 32.2. The van der Waals surface area contributed by atoms with Crippen LogP contribution in [0.4, 0.5) is 0 Å². The van der Waals surface area contributed by atoms with Gasteiger partial charge in [0.05, 0.1) is 18.1 Å². The molecule has 0 saturated carbocycles. The first-order valence-electron chi connectivity index (χ1n) is 8.63. The van der Waals surface area contributed by atoms with E-state index < -0.39 is 10.0 Å². The molecule has 140 valence electrons. The summed E-state index contributed by atoms with van der Waals surface area (Å²) in [4.78, 5) is 2.22. The van der Waals surface area contributed by atoms with Crippen molar-refractivity contribution in [3.05, 3.63) is 66.2 Å². The van der Waals surface area contributed by atoms with E-state index >= 15 is 0 Å². The molecule has 1 fully saturated rings. The zero-order chi connectivity index (χ0) is 18.6. The maximum absolute atomic E-state index is 12.9. The number of sulfonamides is 1. The third kappa shape index (κ3) is 3.97. The average Bonchev–Trinajstić information content (AvgIpc) is 2.69. The summed E-state index contributed by atoms with van der Waals surface area (Å²) >= 11 is 0. The monoisotopic (exact) mass is 376 g/mol. The van der Waals surface area contributed by atoms with Crippen LogP contribution >= 0.6 is 0 Å². The molecule has 26 heavy (non-hydrogen) atoms. The summed E-state index contributed by atoms with van der Waals surface area (Å²) in [5.41, 5.74) is 1.06. The van der Waals surface area contributed by atoms with Crippen LogP contribution < -0.4 is 0 Å². The molecule has 1 aliphatic rings. The van der Waals surface area contributed by atoms with Crippen LogP contribution in [0.2, 0.25) is 0 Å². The fourth-order valence-corrected chi connectivity index (χ4v) is 4.90. The molecule has 1 aliphatic heterocycles. The number of benzene rings is 2. The van der Waals surface area contributed by atoms with Gasteiger partial charge in [-0.2, -0.15) is 4.31 Å². The lowest BCUT2D eigenvalue weighted by Crippen LogP contribution is -2.61. The Morgan fingerprint density at radius 1 is 0.846 bits per heavy atom. The second kappa shape index (κ2) is 8.28. The van der Waals surface area contributed by atoms with Crippen LogP contribution in [0.1, 0.15) is 5.56 Å². The van der Waals surface area contributed by atoms with E-state index in [4.69, 9.17) is 0 Å². The van der Waals surface area contributed by atoms with E-state index in [9.17, 15) is 18.6 Å². The molecule has 2 atom stereocenters. The lowest BCUT2D eigenvalue weighted by molar-refractivity contribution is -0.00285. The molecule has 0 bridgehead atoms. The normalized spacial score (nSPS) is 22.4. The minimum absolute atomic E-state index is 0.176. The zero-order valence-corrected chi connectivity index (χ0v) is 15.3. The fourth-order valence-electron chi connectivity index (χ4n) is 3.37. The standard InChI is InChI=1S/C19H24N2O4S/c22-14-17-12-20(26(24,25)19-9-5-2-6-10-19)13-18(15-23)21(17)11-16-7-3-1-4-8-16/h1-10,17-18,22-23H,11-15H2/t17-,18+. The number of hydrogen-bond donors (Lipinski definition) is 2. The summed E-state index contributed by atoms with van der Waals surface area (Å²) in [6.45, 7) is 0.582. The van der Waals surface area contributed by atoms with Crippen molar-refractivity contribution in [2.45, 2.75) is 23.5 Å². The van der Waals surface area contributed by atoms with Gasteiger partial charge in [0.1, 0.15) is 0 Å². The van der Waals surface area contributed by atoms with Crippen LogP contribution in [0, 0.1) is 0 Å². The Labute approximate surface area is 154 Å². The van der Waals surface area contributed by atoms with Gasteiger partial charge in [0.25, 0.3) is 0 Å². The Bertz CT molecular complexity index is 785. The van der Waals surface area contributed by atoms with Gasteiger partial charge in [0, 0.05) is 31.7 Å². The number of aliphatic hydroxyl groups is 2. The van der Waals surface area contributed by atoms with Gasteiger partial charge in [-0.25, -0.2) is 8.42 Å². The Hall–Kier alpha value is -1.77. The molecule has 0 amide bonds. The summed E-state index contributed by atoms with van der Waals surface area (Å²) in [7, 11) is -3.66. The molecule has 1 saturated heterocycles. The van der Waals surface area contributed by atoms with Crippen LogP contribution in [0.25, 0.3) is 0 Å². The molecule has 2 aromatic rings. The largest absolute Gasteiger partial charge is 0.395 e. The summed E-state index contributed by atoms with van der Waals surface area (Å²) in [5, 5.41) is 19.7. The highest BCUT2D eigenvalue weighted by Gasteiger charge is 2.39. The van der Waals surface area contributed by atoms with Gasteiger partial charge < -0.3 is 10.2 Å². The minimum atomic E-state index is -3.66. The van der Waals surface area contributed by atoms with Gasteiger partial charge in [-0.1, -0.05) is 48.5 Å². The van der Waals surface area contributed by atoms with Crippen LogP contribution in [-0.2, 0) is 16.6 Å². The second-order valence-electron chi connectivity index (χ2n) is 6.47. The van der Waals surface area contributed by atoms with E-state index in [-0.39, 0.29) is 43.3 Å². The molecule has 1 heterocycles. The molecule has 3 rings (SSSR count). The van der Waals surface area contributed by atoms with Gasteiger partial charge >= 0.3 is 0 Å². The van der Waals surface area contributed by atoms with Crippen LogP contribution in [0.3, 0.4) is 0 Å². The minimum Gasteiger partial charge on any atom is -0.395 e. The highest BCUT2D eigenvalue weighted by Crippen LogP contribution is 2.24. The lowest BCUT2D eigenvalue weighted by atomic mass is 10.1. The molecule has 0 aliphatic carbocycles. The van der Waals surface area contributed by atoms with Crippen LogP contribution in [-0.4, -0.2) is 66.2 Å². The molecule has 2 aromatic carbocycles. The molecule has 6 nitrogen and oxygen atoms in total. The van der Waals surface area contributed by atoms with Crippen molar-refractivity contribution in [1.29, 1.82) is 0 Å². The smallest absolute Gasteiger partial charge is 0.243 e. The number of piperazine rings is 1. The number of hydrogen-bond acceptors (Lipinski definition) is 5. The van der Waals surface area contributed by atoms with Gasteiger partial charge in [-0.05, 0) is 17.7 Å². The third-order valence-electron chi connectivity index (χ3n) is 4.78. The van der Waals surface area contributed by atoms with E-state index in [1.165, 1.54) is 4.31 Å². The predicted octanol–water partition coefficient (Wildman–Crippen LogP) is 0.915. The lowest BCUT2D eigenvalue weighted by Gasteiger charge is -2.45. The number of nitrogens with zero attached hydrogens (tertiary/aromatic N) is 2. The first-order valence-corrected chi connectivity index (χ1v) is 10.1. The quantitative estimate of drug-likeness (QED) is 0.783. The predicted molar refractivity (Wildman–Crippen MR) is 98.9 cm³/mol. The summed E-state index contributed by atoms with van der Waals surface area (Å²) in [6.07, 6.45) is 0. The molecule has 7 heteroatoms. The first kappa shape index (κ1) is 19.0. The van der Waals surface area contributed by atoms with E-state index in [2.05, 4.69) is 0 Å². The van der Waals surface area contributed by atoms with Gasteiger partial charge in [-0.15, -0.1) is 0 Å². The molecule has 0 aromatic heterocycles. The highest BCUT2D eigenvalue weighted by molar-refractivity contribution is 7.89.